The Morgan fingerprint density at radius 1 is 1.10 bits per heavy atom. The van der Waals surface area contributed by atoms with Gasteiger partial charge in [-0.3, -0.25) is 14.5 Å². The Kier molecular flexibility index (Phi) is 5.61. The Hall–Kier alpha value is -3.95. The van der Waals surface area contributed by atoms with Crippen LogP contribution in [-0.4, -0.2) is 27.5 Å². The van der Waals surface area contributed by atoms with Crippen LogP contribution in [0.1, 0.15) is 48.5 Å². The maximum atomic E-state index is 13.5. The second kappa shape index (κ2) is 9.07. The second-order valence-corrected chi connectivity index (χ2v) is 10.7. The number of hydrogen-bond acceptors (Lipinski definition) is 8. The summed E-state index contributed by atoms with van der Waals surface area (Å²) in [4.78, 5) is 33.7. The summed E-state index contributed by atoms with van der Waals surface area (Å²) >= 11 is 13.0. The fraction of sp³-hybridized carbons (Fsp3) is 0.250. The molecule has 0 saturated heterocycles. The number of rotatable bonds is 8. The third kappa shape index (κ3) is 3.95. The lowest BCUT2D eigenvalue weighted by Crippen LogP contribution is -2.28. The van der Waals surface area contributed by atoms with Gasteiger partial charge in [-0.1, -0.05) is 34.4 Å². The number of nitrogens with zero attached hydrogens (tertiary/aromatic N) is 4. The highest BCUT2D eigenvalue weighted by molar-refractivity contribution is 6.39. The topological polar surface area (TPSA) is 108 Å². The van der Waals surface area contributed by atoms with Gasteiger partial charge in [0, 0.05) is 11.5 Å². The third-order valence-corrected chi connectivity index (χ3v) is 8.09. The van der Waals surface area contributed by atoms with Crippen LogP contribution in [0.3, 0.4) is 0 Å². The van der Waals surface area contributed by atoms with E-state index in [1.165, 1.54) is 12.4 Å². The summed E-state index contributed by atoms with van der Waals surface area (Å²) in [5.41, 5.74) is 3.59. The number of carbonyl (C=O) groups is 2. The van der Waals surface area contributed by atoms with Crippen LogP contribution >= 0.6 is 23.2 Å². The normalized spacial score (nSPS) is 16.9. The van der Waals surface area contributed by atoms with Crippen molar-refractivity contribution in [2.45, 2.75) is 43.6 Å². The van der Waals surface area contributed by atoms with E-state index in [1.54, 1.807) is 23.1 Å². The molecule has 2 aromatic carbocycles. The molecule has 0 unspecified atom stereocenters. The van der Waals surface area contributed by atoms with E-state index in [0.29, 0.717) is 38.7 Å². The van der Waals surface area contributed by atoms with E-state index in [1.807, 2.05) is 18.2 Å². The molecule has 4 aromatic rings. The van der Waals surface area contributed by atoms with Gasteiger partial charge in [0.25, 0.3) is 0 Å². The summed E-state index contributed by atoms with van der Waals surface area (Å²) in [6.07, 6.45) is 6.49. The van der Waals surface area contributed by atoms with Crippen LogP contribution in [0.15, 0.2) is 53.3 Å². The Morgan fingerprint density at radius 2 is 1.85 bits per heavy atom. The van der Waals surface area contributed by atoms with E-state index in [4.69, 9.17) is 32.5 Å². The van der Waals surface area contributed by atoms with Crippen LogP contribution in [0.5, 0.6) is 11.8 Å². The number of aromatic nitrogens is 3. The molecule has 1 amide bonds. The van der Waals surface area contributed by atoms with Crippen molar-refractivity contribution >= 4 is 47.0 Å². The van der Waals surface area contributed by atoms with Crippen LogP contribution in [0, 0.1) is 0 Å². The van der Waals surface area contributed by atoms with Crippen molar-refractivity contribution in [2.75, 3.05) is 4.90 Å². The van der Waals surface area contributed by atoms with Crippen molar-refractivity contribution in [1.29, 1.82) is 0 Å². The Bertz CT molecular complexity index is 1610. The zero-order chi connectivity index (χ0) is 26.7. The first-order valence-electron chi connectivity index (χ1n) is 12.5. The van der Waals surface area contributed by atoms with Gasteiger partial charge in [-0.15, -0.1) is 0 Å². The van der Waals surface area contributed by atoms with Gasteiger partial charge >= 0.3 is 12.5 Å². The molecular formula is C28H20Cl2N4O5. The molecule has 0 N–H and O–H groups in total. The minimum Gasteiger partial charge on any atom is -0.489 e. The summed E-state index contributed by atoms with van der Waals surface area (Å²) in [5, 5.41) is 5.30. The van der Waals surface area contributed by atoms with Crippen molar-refractivity contribution in [2.24, 2.45) is 0 Å². The number of ether oxygens (including phenoxy) is 2. The molecule has 3 heterocycles. The lowest BCUT2D eigenvalue weighted by atomic mass is 9.98. The summed E-state index contributed by atoms with van der Waals surface area (Å²) in [5.74, 6) is 1.69. The van der Waals surface area contributed by atoms with Crippen LogP contribution in [0.4, 0.5) is 11.4 Å². The Balaban J connectivity index is 1.20. The molecule has 2 aromatic heterocycles. The van der Waals surface area contributed by atoms with E-state index in [9.17, 15) is 9.59 Å². The van der Waals surface area contributed by atoms with Crippen molar-refractivity contribution in [1.82, 2.24) is 15.1 Å². The first-order chi connectivity index (χ1) is 19.0. The molecule has 7 rings (SSSR count). The van der Waals surface area contributed by atoms with Crippen molar-refractivity contribution < 1.29 is 23.6 Å². The summed E-state index contributed by atoms with van der Waals surface area (Å²) in [7, 11) is 0. The highest BCUT2D eigenvalue weighted by Crippen LogP contribution is 2.59. The first-order valence-corrected chi connectivity index (χ1v) is 13.2. The molecule has 0 radical (unpaired) electrons. The number of benzene rings is 2. The smallest absolute Gasteiger partial charge is 0.324 e. The van der Waals surface area contributed by atoms with Gasteiger partial charge in [-0.05, 0) is 61.6 Å². The molecule has 196 valence electrons. The number of fused-ring (bicyclic) bond motifs is 2. The minimum atomic E-state index is -0.584. The monoisotopic (exact) mass is 562 g/mol. The molecule has 39 heavy (non-hydrogen) atoms. The fourth-order valence-corrected chi connectivity index (χ4v) is 5.80. The van der Waals surface area contributed by atoms with Crippen molar-refractivity contribution in [3.63, 3.8) is 0 Å². The maximum Gasteiger partial charge on any atom is 0.324 e. The van der Waals surface area contributed by atoms with Gasteiger partial charge in [-0.25, -0.2) is 9.97 Å². The first kappa shape index (κ1) is 24.1. The molecule has 3 aliphatic rings. The number of amides is 1. The van der Waals surface area contributed by atoms with Crippen LogP contribution in [-0.2, 0) is 21.6 Å². The maximum absolute atomic E-state index is 13.5. The van der Waals surface area contributed by atoms with Gasteiger partial charge in [0.2, 0.25) is 5.91 Å². The average molecular weight is 563 g/mol. The van der Waals surface area contributed by atoms with E-state index >= 15 is 0 Å². The molecule has 2 saturated carbocycles. The average Bonchev–Trinajstić information content (AvgIpc) is 3.86. The summed E-state index contributed by atoms with van der Waals surface area (Å²) in [6.45, 7) is 0.465. The van der Waals surface area contributed by atoms with Gasteiger partial charge in [0.1, 0.15) is 23.8 Å². The fourth-order valence-electron chi connectivity index (χ4n) is 5.22. The van der Waals surface area contributed by atoms with E-state index in [2.05, 4.69) is 19.9 Å². The highest BCUT2D eigenvalue weighted by Gasteiger charge is 2.59. The van der Waals surface area contributed by atoms with E-state index in [-0.39, 0.29) is 25.0 Å². The van der Waals surface area contributed by atoms with Gasteiger partial charge in [-0.2, -0.15) is 0 Å². The molecule has 1 aliphatic heterocycles. The zero-order valence-corrected chi connectivity index (χ0v) is 21.9. The molecule has 0 bridgehead atoms. The lowest BCUT2D eigenvalue weighted by molar-refractivity contribution is -0.121. The SMILES string of the molecule is O=COc1ncc(N2C(=O)C3(CC3)c3cc(OCc4c(-c5c(Cl)cccc5Cl)noc4C4CC4)ccc32)cn1. The number of anilines is 2. The molecule has 0 atom stereocenters. The quantitative estimate of drug-likeness (QED) is 0.235. The third-order valence-electron chi connectivity index (χ3n) is 7.46. The number of halogens is 2. The summed E-state index contributed by atoms with van der Waals surface area (Å²) < 4.78 is 16.7. The zero-order valence-electron chi connectivity index (χ0n) is 20.4. The van der Waals surface area contributed by atoms with E-state index < -0.39 is 5.41 Å². The van der Waals surface area contributed by atoms with Crippen LogP contribution in [0.25, 0.3) is 11.3 Å². The van der Waals surface area contributed by atoms with Gasteiger partial charge in [0.15, 0.2) is 0 Å². The standard InChI is InChI=1S/C28H20Cl2N4O5/c29-20-2-1-3-21(30)23(20)24-18(25(39-33-24)15-4-5-15)13-37-17-6-7-22-19(10-17)28(8-9-28)26(36)34(22)16-11-31-27(32-12-16)38-14-35/h1-3,6-7,10-12,14-15H,4-5,8-9,13H2. The van der Waals surface area contributed by atoms with Crippen molar-refractivity contribution in [3.8, 4) is 23.0 Å². The van der Waals surface area contributed by atoms with Crippen LogP contribution in [0.2, 0.25) is 10.0 Å². The molecule has 11 heteroatoms. The Labute approximate surface area is 232 Å². The predicted octanol–water partition coefficient (Wildman–Crippen LogP) is 6.14. The molecule has 2 aliphatic carbocycles. The lowest BCUT2D eigenvalue weighted by Gasteiger charge is -2.17. The minimum absolute atomic E-state index is 0.0343. The second-order valence-electron chi connectivity index (χ2n) is 9.87. The van der Waals surface area contributed by atoms with Gasteiger partial charge in [0.05, 0.1) is 44.8 Å². The predicted molar refractivity (Wildman–Crippen MR) is 141 cm³/mol. The Morgan fingerprint density at radius 3 is 2.51 bits per heavy atom. The number of hydrogen-bond donors (Lipinski definition) is 0. The molecule has 1 spiro atoms. The largest absolute Gasteiger partial charge is 0.489 e. The highest BCUT2D eigenvalue weighted by atomic mass is 35.5. The number of carbonyl (C=O) groups excluding carboxylic acids is 2. The van der Waals surface area contributed by atoms with Crippen LogP contribution < -0.4 is 14.4 Å². The van der Waals surface area contributed by atoms with Gasteiger partial charge < -0.3 is 14.0 Å². The molecule has 2 fully saturated rings. The molecule has 9 nitrogen and oxygen atoms in total. The summed E-state index contributed by atoms with van der Waals surface area (Å²) in [6, 6.07) is 10.9. The van der Waals surface area contributed by atoms with Crippen molar-refractivity contribution in [3.05, 3.63) is 75.7 Å². The van der Waals surface area contributed by atoms with E-state index in [0.717, 1.165) is 48.3 Å². The molecular weight excluding hydrogens is 543 g/mol.